The molecule has 0 saturated heterocycles. The molecule has 90 valence electrons. The largest absolute Gasteiger partial charge is 0.416 e. The van der Waals surface area contributed by atoms with E-state index in [9.17, 15) is 13.2 Å². The smallest absolute Gasteiger partial charge is 0.377 e. The molecular weight excluding hydrogens is 219 g/mol. The third-order valence-corrected chi connectivity index (χ3v) is 2.32. The number of nitrogens with two attached hydrogens (primary N) is 1. The van der Waals surface area contributed by atoms with Crippen molar-refractivity contribution in [1.29, 1.82) is 0 Å². The highest BCUT2D eigenvalue weighted by Gasteiger charge is 2.30. The maximum Gasteiger partial charge on any atom is 0.416 e. The van der Waals surface area contributed by atoms with Gasteiger partial charge in [0.25, 0.3) is 0 Å². The van der Waals surface area contributed by atoms with Crippen LogP contribution in [0.1, 0.15) is 23.7 Å². The quantitative estimate of drug-likeness (QED) is 0.867. The minimum atomic E-state index is -4.30. The Morgan fingerprint density at radius 1 is 1.25 bits per heavy atom. The fourth-order valence-corrected chi connectivity index (χ4v) is 1.46. The van der Waals surface area contributed by atoms with Crippen LogP contribution in [0.3, 0.4) is 0 Å². The van der Waals surface area contributed by atoms with Crippen LogP contribution < -0.4 is 5.73 Å². The second-order valence-corrected chi connectivity index (χ2v) is 3.42. The van der Waals surface area contributed by atoms with Crippen molar-refractivity contribution >= 4 is 0 Å². The molecule has 0 aliphatic carbocycles. The van der Waals surface area contributed by atoms with Crippen molar-refractivity contribution < 1.29 is 17.9 Å². The van der Waals surface area contributed by atoms with Crippen LogP contribution in [0.5, 0.6) is 0 Å². The van der Waals surface area contributed by atoms with E-state index in [2.05, 4.69) is 0 Å². The average Bonchev–Trinajstić information content (AvgIpc) is 2.25. The summed E-state index contributed by atoms with van der Waals surface area (Å²) in [5.74, 6) is 0. The first-order valence-electron chi connectivity index (χ1n) is 4.89. The predicted molar refractivity (Wildman–Crippen MR) is 54.9 cm³/mol. The molecule has 5 heteroatoms. The van der Waals surface area contributed by atoms with Crippen LogP contribution in [0.4, 0.5) is 13.2 Å². The molecule has 0 amide bonds. The second-order valence-electron chi connectivity index (χ2n) is 3.42. The van der Waals surface area contributed by atoms with Crippen molar-refractivity contribution in [1.82, 2.24) is 0 Å². The minimum absolute atomic E-state index is 0.243. The predicted octanol–water partition coefficient (Wildman–Crippen LogP) is 2.74. The van der Waals surface area contributed by atoms with E-state index in [1.165, 1.54) is 19.2 Å². The first-order chi connectivity index (χ1) is 7.49. The van der Waals surface area contributed by atoms with Gasteiger partial charge in [-0.25, -0.2) is 0 Å². The van der Waals surface area contributed by atoms with Crippen molar-refractivity contribution in [2.24, 2.45) is 5.73 Å². The maximum absolute atomic E-state index is 12.3. The molecule has 0 fully saturated rings. The van der Waals surface area contributed by atoms with E-state index in [0.29, 0.717) is 18.5 Å². The van der Waals surface area contributed by atoms with Crippen molar-refractivity contribution in [3.8, 4) is 0 Å². The van der Waals surface area contributed by atoms with Crippen molar-refractivity contribution in [2.75, 3.05) is 13.7 Å². The topological polar surface area (TPSA) is 35.2 Å². The fourth-order valence-electron chi connectivity index (χ4n) is 1.46. The van der Waals surface area contributed by atoms with Gasteiger partial charge >= 0.3 is 6.18 Å². The molecule has 2 N–H and O–H groups in total. The van der Waals surface area contributed by atoms with Crippen LogP contribution in [-0.2, 0) is 10.9 Å². The van der Waals surface area contributed by atoms with E-state index in [4.69, 9.17) is 10.5 Å². The summed E-state index contributed by atoms with van der Waals surface area (Å²) in [7, 11) is 1.51. The maximum atomic E-state index is 12.3. The lowest BCUT2D eigenvalue weighted by Crippen LogP contribution is -2.10. The van der Waals surface area contributed by atoms with E-state index in [1.54, 1.807) is 0 Å². The van der Waals surface area contributed by atoms with Gasteiger partial charge in [0, 0.05) is 7.11 Å². The lowest BCUT2D eigenvalue weighted by molar-refractivity contribution is -0.137. The molecule has 1 unspecified atom stereocenters. The minimum Gasteiger partial charge on any atom is -0.377 e. The number of ether oxygens (including phenoxy) is 1. The number of rotatable bonds is 4. The van der Waals surface area contributed by atoms with Gasteiger partial charge in [0.15, 0.2) is 0 Å². The van der Waals surface area contributed by atoms with E-state index in [-0.39, 0.29) is 6.10 Å². The van der Waals surface area contributed by atoms with Crippen LogP contribution in [0.25, 0.3) is 0 Å². The van der Waals surface area contributed by atoms with Crippen LogP contribution in [0.2, 0.25) is 0 Å². The summed E-state index contributed by atoms with van der Waals surface area (Å²) >= 11 is 0. The summed E-state index contributed by atoms with van der Waals surface area (Å²) in [5, 5.41) is 0. The van der Waals surface area contributed by atoms with Crippen LogP contribution in [0, 0.1) is 0 Å². The highest BCUT2D eigenvalue weighted by molar-refractivity contribution is 5.26. The third-order valence-electron chi connectivity index (χ3n) is 2.32. The molecule has 1 aromatic carbocycles. The molecular formula is C11H14F3NO. The number of halogens is 3. The molecule has 16 heavy (non-hydrogen) atoms. The second kappa shape index (κ2) is 5.32. The van der Waals surface area contributed by atoms with Crippen LogP contribution in [-0.4, -0.2) is 13.7 Å². The first kappa shape index (κ1) is 13.0. The number of hydrogen-bond acceptors (Lipinski definition) is 2. The zero-order valence-corrected chi connectivity index (χ0v) is 8.92. The molecule has 2 nitrogen and oxygen atoms in total. The lowest BCUT2D eigenvalue weighted by Gasteiger charge is -2.15. The fraction of sp³-hybridized carbons (Fsp3) is 0.455. The highest BCUT2D eigenvalue weighted by Crippen LogP contribution is 2.30. The van der Waals surface area contributed by atoms with Gasteiger partial charge in [-0.2, -0.15) is 13.2 Å². The number of alkyl halides is 3. The summed E-state index contributed by atoms with van der Waals surface area (Å²) in [6.45, 7) is 0.430. The van der Waals surface area contributed by atoms with E-state index < -0.39 is 11.7 Å². The van der Waals surface area contributed by atoms with Gasteiger partial charge in [-0.15, -0.1) is 0 Å². The Labute approximate surface area is 92.2 Å². The molecule has 0 saturated carbocycles. The Morgan fingerprint density at radius 3 is 2.19 bits per heavy atom. The Balaban J connectivity index is 2.85. The summed E-state index contributed by atoms with van der Waals surface area (Å²) in [5.41, 5.74) is 5.44. The molecule has 1 aromatic rings. The molecule has 1 rings (SSSR count). The summed E-state index contributed by atoms with van der Waals surface area (Å²) < 4.78 is 42.0. The van der Waals surface area contributed by atoms with Crippen LogP contribution in [0.15, 0.2) is 24.3 Å². The molecule has 0 aliphatic rings. The molecule has 0 spiro atoms. The SMILES string of the molecule is COC(CCN)c1ccc(C(F)(F)F)cc1. The average molecular weight is 233 g/mol. The first-order valence-corrected chi connectivity index (χ1v) is 4.89. The lowest BCUT2D eigenvalue weighted by atomic mass is 10.0. The Kier molecular flexibility index (Phi) is 4.32. The normalized spacial score (nSPS) is 13.8. The molecule has 0 radical (unpaired) electrons. The zero-order valence-electron chi connectivity index (χ0n) is 8.92. The number of methoxy groups -OCH3 is 1. The van der Waals surface area contributed by atoms with E-state index in [0.717, 1.165) is 12.1 Å². The number of benzene rings is 1. The van der Waals surface area contributed by atoms with Gasteiger partial charge in [0.1, 0.15) is 0 Å². The number of hydrogen-bond donors (Lipinski definition) is 1. The van der Waals surface area contributed by atoms with Crippen molar-refractivity contribution in [3.63, 3.8) is 0 Å². The van der Waals surface area contributed by atoms with Crippen LogP contribution >= 0.6 is 0 Å². The molecule has 1 atom stereocenters. The molecule has 0 aromatic heterocycles. The van der Waals surface area contributed by atoms with E-state index >= 15 is 0 Å². The Hall–Kier alpha value is -1.07. The molecule has 0 aliphatic heterocycles. The van der Waals surface area contributed by atoms with Gasteiger partial charge in [0.2, 0.25) is 0 Å². The van der Waals surface area contributed by atoms with Gasteiger partial charge in [-0.3, -0.25) is 0 Å². The highest BCUT2D eigenvalue weighted by atomic mass is 19.4. The summed E-state index contributed by atoms with van der Waals surface area (Å²) in [4.78, 5) is 0. The van der Waals surface area contributed by atoms with Gasteiger partial charge in [-0.05, 0) is 30.7 Å². The molecule has 0 bridgehead atoms. The molecule has 0 heterocycles. The Morgan fingerprint density at radius 2 is 1.81 bits per heavy atom. The van der Waals surface area contributed by atoms with Crippen molar-refractivity contribution in [3.05, 3.63) is 35.4 Å². The zero-order chi connectivity index (χ0) is 12.2. The Bertz CT molecular complexity index is 321. The monoisotopic (exact) mass is 233 g/mol. The van der Waals surface area contributed by atoms with Gasteiger partial charge < -0.3 is 10.5 Å². The van der Waals surface area contributed by atoms with Gasteiger partial charge in [0.05, 0.1) is 11.7 Å². The van der Waals surface area contributed by atoms with Crippen molar-refractivity contribution in [2.45, 2.75) is 18.7 Å². The van der Waals surface area contributed by atoms with E-state index in [1.807, 2.05) is 0 Å². The third kappa shape index (κ3) is 3.21. The van der Waals surface area contributed by atoms with Gasteiger partial charge in [-0.1, -0.05) is 12.1 Å². The summed E-state index contributed by atoms with van der Waals surface area (Å²) in [6, 6.07) is 4.95. The standard InChI is InChI=1S/C11H14F3NO/c1-16-10(6-7-15)8-2-4-9(5-3-8)11(12,13)14/h2-5,10H,6-7,15H2,1H3. The summed E-state index contributed by atoms with van der Waals surface area (Å²) in [6.07, 6.45) is -3.95.